The predicted octanol–water partition coefficient (Wildman–Crippen LogP) is 6.44. The van der Waals surface area contributed by atoms with Crippen molar-refractivity contribution in [2.75, 3.05) is 18.5 Å². The maximum absolute atomic E-state index is 11.7. The summed E-state index contributed by atoms with van der Waals surface area (Å²) in [4.78, 5) is 19.8. The van der Waals surface area contributed by atoms with Crippen LogP contribution in [0.4, 0.5) is 17.2 Å². The Labute approximate surface area is 196 Å². The molecule has 0 atom stereocenters. The maximum Gasteiger partial charge on any atom is 0.311 e. The highest BCUT2D eigenvalue weighted by Crippen LogP contribution is 2.37. The molecule has 0 bridgehead atoms. The van der Waals surface area contributed by atoms with E-state index in [4.69, 9.17) is 9.16 Å². The minimum Gasteiger partial charge on any atom is -0.484 e. The van der Waals surface area contributed by atoms with Gasteiger partial charge in [-0.25, -0.2) is 9.97 Å². The smallest absolute Gasteiger partial charge is 0.311 e. The molecule has 3 rings (SSSR count). The quantitative estimate of drug-likeness (QED) is 0.158. The number of nitrogens with one attached hydrogen (secondary N) is 1. The van der Waals surface area contributed by atoms with Crippen molar-refractivity contribution in [3.8, 4) is 5.75 Å². The molecule has 0 aliphatic carbocycles. The van der Waals surface area contributed by atoms with E-state index in [1.165, 1.54) is 12.4 Å². The molecule has 10 heteroatoms. The molecule has 170 valence electrons. The highest BCUT2D eigenvalue weighted by molar-refractivity contribution is 9.10. The topological polar surface area (TPSA) is 99.4 Å². The van der Waals surface area contributed by atoms with Crippen LogP contribution in [0.2, 0.25) is 18.1 Å². The highest BCUT2D eigenvalue weighted by Gasteiger charge is 2.37. The van der Waals surface area contributed by atoms with Crippen LogP contribution in [0.1, 0.15) is 20.8 Å². The standard InChI is InChI=1S/C22H27BrN4O4Si/c1-22(2,3)32(4,5)31-10-9-30-20-13-18-17(12-19(20)27(28)29)21(25-14-24-18)26-16-8-6-7-15(23)11-16/h6-8,11-14H,9-10H2,1-5H3,(H,24,25,26). The van der Waals surface area contributed by atoms with Crippen LogP contribution in [0.5, 0.6) is 5.75 Å². The van der Waals surface area contributed by atoms with Crippen LogP contribution in [0, 0.1) is 10.1 Å². The number of fused-ring (bicyclic) bond motifs is 1. The molecule has 0 saturated heterocycles. The van der Waals surface area contributed by atoms with Crippen LogP contribution in [-0.2, 0) is 4.43 Å². The number of anilines is 2. The van der Waals surface area contributed by atoms with Gasteiger partial charge < -0.3 is 14.5 Å². The first-order valence-electron chi connectivity index (χ1n) is 10.2. The lowest BCUT2D eigenvalue weighted by atomic mass is 10.2. The summed E-state index contributed by atoms with van der Waals surface area (Å²) in [6, 6.07) is 10.6. The molecule has 1 N–H and O–H groups in total. The van der Waals surface area contributed by atoms with Crippen LogP contribution in [0.25, 0.3) is 10.9 Å². The van der Waals surface area contributed by atoms with Gasteiger partial charge >= 0.3 is 5.69 Å². The molecular formula is C22H27BrN4O4Si. The van der Waals surface area contributed by atoms with Gasteiger partial charge in [-0.3, -0.25) is 10.1 Å². The second-order valence-corrected chi connectivity index (χ2v) is 14.6. The third kappa shape index (κ3) is 5.62. The Bertz CT molecular complexity index is 1130. The summed E-state index contributed by atoms with van der Waals surface area (Å²) in [6.07, 6.45) is 1.42. The van der Waals surface area contributed by atoms with Crippen LogP contribution in [0.15, 0.2) is 47.2 Å². The second kappa shape index (κ2) is 9.51. The van der Waals surface area contributed by atoms with E-state index in [9.17, 15) is 10.1 Å². The number of hydrogen-bond donors (Lipinski definition) is 1. The first-order valence-corrected chi connectivity index (χ1v) is 13.9. The zero-order chi connectivity index (χ0) is 23.5. The number of nitro groups is 1. The maximum atomic E-state index is 11.7. The molecule has 0 unspecified atom stereocenters. The van der Waals surface area contributed by atoms with E-state index in [1.807, 2.05) is 24.3 Å². The van der Waals surface area contributed by atoms with Gasteiger partial charge in [0.1, 0.15) is 18.8 Å². The van der Waals surface area contributed by atoms with Gasteiger partial charge in [0.25, 0.3) is 0 Å². The Balaban J connectivity index is 1.84. The van der Waals surface area contributed by atoms with Crippen molar-refractivity contribution in [2.24, 2.45) is 0 Å². The van der Waals surface area contributed by atoms with Crippen LogP contribution < -0.4 is 10.1 Å². The van der Waals surface area contributed by atoms with E-state index in [1.54, 1.807) is 6.07 Å². The van der Waals surface area contributed by atoms with Crippen molar-refractivity contribution in [1.29, 1.82) is 0 Å². The van der Waals surface area contributed by atoms with E-state index in [-0.39, 0.29) is 23.1 Å². The molecule has 1 aromatic heterocycles. The van der Waals surface area contributed by atoms with Crippen molar-refractivity contribution in [3.63, 3.8) is 0 Å². The number of benzene rings is 2. The van der Waals surface area contributed by atoms with Gasteiger partial charge in [0.15, 0.2) is 14.1 Å². The molecule has 0 aliphatic rings. The van der Waals surface area contributed by atoms with Gasteiger partial charge in [-0.1, -0.05) is 42.8 Å². The summed E-state index contributed by atoms with van der Waals surface area (Å²) in [6.45, 7) is 11.4. The van der Waals surface area contributed by atoms with Crippen molar-refractivity contribution in [3.05, 3.63) is 57.3 Å². The summed E-state index contributed by atoms with van der Waals surface area (Å²) in [5.41, 5.74) is 1.20. The van der Waals surface area contributed by atoms with E-state index in [0.29, 0.717) is 23.3 Å². The molecule has 2 aromatic carbocycles. The number of aromatic nitrogens is 2. The Morgan fingerprint density at radius 3 is 2.56 bits per heavy atom. The van der Waals surface area contributed by atoms with E-state index >= 15 is 0 Å². The predicted molar refractivity (Wildman–Crippen MR) is 132 cm³/mol. The number of halogens is 1. The van der Waals surface area contributed by atoms with Crippen LogP contribution >= 0.6 is 15.9 Å². The molecule has 1 heterocycles. The lowest BCUT2D eigenvalue weighted by Crippen LogP contribution is -2.41. The zero-order valence-corrected chi connectivity index (χ0v) is 21.4. The Morgan fingerprint density at radius 1 is 1.16 bits per heavy atom. The first-order chi connectivity index (χ1) is 15.0. The number of rotatable bonds is 8. The molecule has 0 fully saturated rings. The summed E-state index contributed by atoms with van der Waals surface area (Å²) in [5, 5.41) is 15.5. The average Bonchev–Trinajstić information content (AvgIpc) is 2.70. The van der Waals surface area contributed by atoms with E-state index in [0.717, 1.165) is 10.2 Å². The number of ether oxygens (including phenoxy) is 1. The summed E-state index contributed by atoms with van der Waals surface area (Å²) in [7, 11) is -1.92. The average molecular weight is 519 g/mol. The minimum absolute atomic E-state index is 0.0800. The monoisotopic (exact) mass is 518 g/mol. The summed E-state index contributed by atoms with van der Waals surface area (Å²) >= 11 is 3.43. The van der Waals surface area contributed by atoms with Gasteiger partial charge in [0.05, 0.1) is 22.4 Å². The first kappa shape index (κ1) is 24.1. The van der Waals surface area contributed by atoms with E-state index < -0.39 is 13.2 Å². The molecule has 0 radical (unpaired) electrons. The Kier molecular flexibility index (Phi) is 7.16. The molecule has 0 amide bonds. The SMILES string of the molecule is CC(C)(C)[Si](C)(C)OCCOc1cc2ncnc(Nc3cccc(Br)c3)c2cc1[N+](=O)[O-]. The lowest BCUT2D eigenvalue weighted by molar-refractivity contribution is -0.385. The van der Waals surface area contributed by atoms with Crippen LogP contribution in [0.3, 0.4) is 0 Å². The molecule has 0 spiro atoms. The largest absolute Gasteiger partial charge is 0.484 e. The highest BCUT2D eigenvalue weighted by atomic mass is 79.9. The minimum atomic E-state index is -1.92. The van der Waals surface area contributed by atoms with Crippen molar-refractivity contribution in [1.82, 2.24) is 9.97 Å². The van der Waals surface area contributed by atoms with E-state index in [2.05, 4.69) is 65.1 Å². The second-order valence-electron chi connectivity index (χ2n) is 8.91. The van der Waals surface area contributed by atoms with Crippen LogP contribution in [-0.4, -0.2) is 36.4 Å². The number of hydrogen-bond acceptors (Lipinski definition) is 7. The Hall–Kier alpha value is -2.56. The Morgan fingerprint density at radius 2 is 1.91 bits per heavy atom. The number of nitrogens with zero attached hydrogens (tertiary/aromatic N) is 3. The van der Waals surface area contributed by atoms with Gasteiger partial charge in [-0.2, -0.15) is 0 Å². The molecular weight excluding hydrogens is 492 g/mol. The third-order valence-electron chi connectivity index (χ3n) is 5.61. The van der Waals surface area contributed by atoms with Gasteiger partial charge in [0, 0.05) is 22.3 Å². The van der Waals surface area contributed by atoms with Gasteiger partial charge in [-0.15, -0.1) is 0 Å². The summed E-state index contributed by atoms with van der Waals surface area (Å²) in [5.74, 6) is 0.637. The van der Waals surface area contributed by atoms with Gasteiger partial charge in [-0.05, 0) is 36.3 Å². The molecule has 8 nitrogen and oxygen atoms in total. The molecule has 3 aromatic rings. The zero-order valence-electron chi connectivity index (χ0n) is 18.8. The molecule has 32 heavy (non-hydrogen) atoms. The number of nitro benzene ring substituents is 1. The third-order valence-corrected chi connectivity index (χ3v) is 10.6. The normalized spacial score (nSPS) is 12.1. The molecule has 0 saturated carbocycles. The fourth-order valence-corrected chi connectivity index (χ4v) is 4.22. The van der Waals surface area contributed by atoms with Crippen molar-refractivity contribution >= 4 is 52.3 Å². The fourth-order valence-electron chi connectivity index (χ4n) is 2.80. The summed E-state index contributed by atoms with van der Waals surface area (Å²) < 4.78 is 12.8. The fraction of sp³-hybridized carbons (Fsp3) is 0.364. The van der Waals surface area contributed by atoms with Gasteiger partial charge in [0.2, 0.25) is 0 Å². The molecule has 0 aliphatic heterocycles. The lowest BCUT2D eigenvalue weighted by Gasteiger charge is -2.36. The van der Waals surface area contributed by atoms with Crippen molar-refractivity contribution in [2.45, 2.75) is 38.9 Å². The van der Waals surface area contributed by atoms with Crippen molar-refractivity contribution < 1.29 is 14.1 Å².